The van der Waals surface area contributed by atoms with Gasteiger partial charge in [0.25, 0.3) is 0 Å². The summed E-state index contributed by atoms with van der Waals surface area (Å²) in [6, 6.07) is 17.6. The molecule has 2 aliphatic rings. The first-order valence-electron chi connectivity index (χ1n) is 16.3. The second-order valence-corrected chi connectivity index (χ2v) is 13.6. The third-order valence-electron chi connectivity index (χ3n) is 8.90. The lowest BCUT2D eigenvalue weighted by atomic mass is 9.93. The zero-order valence-corrected chi connectivity index (χ0v) is 27.0. The highest BCUT2D eigenvalue weighted by Gasteiger charge is 2.27. The van der Waals surface area contributed by atoms with Crippen molar-refractivity contribution in [3.63, 3.8) is 0 Å². The van der Waals surface area contributed by atoms with E-state index < -0.39 is 5.60 Å². The minimum Gasteiger partial charge on any atom is -0.444 e. The van der Waals surface area contributed by atoms with Crippen molar-refractivity contribution in [2.45, 2.75) is 84.2 Å². The maximum Gasteiger partial charge on any atom is 0.410 e. The minimum atomic E-state index is -0.478. The summed E-state index contributed by atoms with van der Waals surface area (Å²) in [6.07, 6.45) is 7.22. The Morgan fingerprint density at radius 1 is 0.956 bits per heavy atom. The fourth-order valence-corrected chi connectivity index (χ4v) is 6.31. The Hall–Kier alpha value is -3.95. The number of hydrogen-bond donors (Lipinski definition) is 2. The van der Waals surface area contributed by atoms with Crippen LogP contribution in [0.1, 0.15) is 69.2 Å². The quantitative estimate of drug-likeness (QED) is 0.245. The molecule has 4 aromatic rings. The number of aromatic nitrogens is 3. The number of ether oxygens (including phenoxy) is 1. The topological polar surface area (TPSA) is 95.8 Å². The number of carbonyl (C=O) groups is 1. The summed E-state index contributed by atoms with van der Waals surface area (Å²) in [5, 5.41) is 14.6. The first kappa shape index (κ1) is 31.0. The maximum atomic E-state index is 12.4. The van der Waals surface area contributed by atoms with E-state index in [0.717, 1.165) is 67.5 Å². The Morgan fingerprint density at radius 2 is 1.62 bits per heavy atom. The van der Waals surface area contributed by atoms with Crippen LogP contribution >= 0.6 is 0 Å². The average molecular weight is 611 g/mol. The smallest absolute Gasteiger partial charge is 0.410 e. The highest BCUT2D eigenvalue weighted by Crippen LogP contribution is 2.37. The first-order chi connectivity index (χ1) is 21.6. The molecule has 2 N–H and O–H groups in total. The van der Waals surface area contributed by atoms with E-state index in [1.54, 1.807) is 4.90 Å². The molecule has 0 bridgehead atoms. The normalized spacial score (nSPS) is 19.5. The number of amides is 1. The number of anilines is 1. The third-order valence-corrected chi connectivity index (χ3v) is 8.90. The maximum absolute atomic E-state index is 12.4. The zero-order valence-electron chi connectivity index (χ0n) is 27.0. The van der Waals surface area contributed by atoms with Crippen LogP contribution in [0.2, 0.25) is 0 Å². The van der Waals surface area contributed by atoms with Gasteiger partial charge in [0.1, 0.15) is 11.2 Å². The highest BCUT2D eigenvalue weighted by atomic mass is 16.6. The largest absolute Gasteiger partial charge is 0.444 e. The lowest BCUT2D eigenvalue weighted by molar-refractivity contribution is 0.0139. The van der Waals surface area contributed by atoms with Crippen LogP contribution < -0.4 is 5.32 Å². The molecule has 1 saturated heterocycles. The minimum absolute atomic E-state index is 0.211. The number of carbonyl (C=O) groups excluding carboxylic acids is 1. The molecule has 2 aromatic carbocycles. The van der Waals surface area contributed by atoms with E-state index >= 15 is 0 Å². The predicted molar refractivity (Wildman–Crippen MR) is 178 cm³/mol. The number of piperazine rings is 1. The zero-order chi connectivity index (χ0) is 31.6. The van der Waals surface area contributed by atoms with Crippen LogP contribution in [0.15, 0.2) is 60.9 Å². The Balaban J connectivity index is 1.17. The van der Waals surface area contributed by atoms with Crippen molar-refractivity contribution >= 4 is 23.1 Å². The summed E-state index contributed by atoms with van der Waals surface area (Å²) in [7, 11) is 0. The van der Waals surface area contributed by atoms with Crippen molar-refractivity contribution in [2.75, 3.05) is 31.5 Å². The van der Waals surface area contributed by atoms with E-state index in [-0.39, 0.29) is 12.2 Å². The molecule has 1 aliphatic heterocycles. The summed E-state index contributed by atoms with van der Waals surface area (Å²) in [5.74, 6) is 0.618. The van der Waals surface area contributed by atoms with E-state index in [9.17, 15) is 9.90 Å². The van der Waals surface area contributed by atoms with Gasteiger partial charge in [0.05, 0.1) is 6.10 Å². The molecule has 2 aromatic heterocycles. The molecule has 1 amide bonds. The van der Waals surface area contributed by atoms with Gasteiger partial charge in [0.2, 0.25) is 5.95 Å². The van der Waals surface area contributed by atoms with Gasteiger partial charge in [0.15, 0.2) is 0 Å². The van der Waals surface area contributed by atoms with Crippen LogP contribution in [-0.2, 0) is 17.8 Å². The Morgan fingerprint density at radius 3 is 2.29 bits per heavy atom. The van der Waals surface area contributed by atoms with E-state index in [2.05, 4.69) is 76.4 Å². The van der Waals surface area contributed by atoms with E-state index in [4.69, 9.17) is 14.7 Å². The second kappa shape index (κ2) is 13.2. The monoisotopic (exact) mass is 610 g/mol. The number of aliphatic hydroxyl groups is 1. The van der Waals surface area contributed by atoms with Crippen LogP contribution in [0.4, 0.5) is 10.7 Å². The summed E-state index contributed by atoms with van der Waals surface area (Å²) in [6.45, 7) is 12.3. The molecular formula is C36H46N6O3. The lowest BCUT2D eigenvalue weighted by Gasteiger charge is -2.35. The van der Waals surface area contributed by atoms with Crippen LogP contribution in [0.5, 0.6) is 0 Å². The van der Waals surface area contributed by atoms with Crippen molar-refractivity contribution in [2.24, 2.45) is 0 Å². The summed E-state index contributed by atoms with van der Waals surface area (Å²) in [5.41, 5.74) is 6.38. The molecule has 3 heterocycles. The molecule has 1 saturated carbocycles. The number of aryl methyl sites for hydroxylation is 1. The molecule has 9 nitrogen and oxygen atoms in total. The van der Waals surface area contributed by atoms with Gasteiger partial charge < -0.3 is 24.6 Å². The van der Waals surface area contributed by atoms with Crippen molar-refractivity contribution in [3.8, 4) is 11.1 Å². The van der Waals surface area contributed by atoms with Gasteiger partial charge in [0, 0.05) is 68.7 Å². The van der Waals surface area contributed by atoms with Gasteiger partial charge in [-0.1, -0.05) is 54.1 Å². The summed E-state index contributed by atoms with van der Waals surface area (Å²) < 4.78 is 7.86. The number of fused-ring (bicyclic) bond motifs is 1. The van der Waals surface area contributed by atoms with Gasteiger partial charge in [-0.15, -0.1) is 0 Å². The molecule has 6 rings (SSSR count). The fourth-order valence-electron chi connectivity index (χ4n) is 6.31. The Bertz CT molecular complexity index is 1590. The molecule has 238 valence electrons. The van der Waals surface area contributed by atoms with Gasteiger partial charge >= 0.3 is 6.09 Å². The number of hydrogen-bond acceptors (Lipinski definition) is 7. The summed E-state index contributed by atoms with van der Waals surface area (Å²) in [4.78, 5) is 26.4. The number of aliphatic hydroxyl groups excluding tert-OH is 1. The predicted octanol–water partition coefficient (Wildman–Crippen LogP) is 6.55. The number of rotatable bonds is 7. The van der Waals surface area contributed by atoms with Crippen molar-refractivity contribution in [1.82, 2.24) is 24.3 Å². The number of benzene rings is 2. The van der Waals surface area contributed by atoms with Gasteiger partial charge in [-0.05, 0) is 70.1 Å². The molecule has 0 radical (unpaired) electrons. The number of nitrogens with zero attached hydrogens (tertiary/aromatic N) is 5. The van der Waals surface area contributed by atoms with Crippen molar-refractivity contribution < 1.29 is 14.6 Å². The standard InChI is InChI=1S/C36H46N6O3/c1-25-5-7-26(8-6-25)21-37-34-38-22-31-32(24-42(33(31)39-34)29-13-15-30(43)16-14-29)28-11-9-27(10-12-28)23-40-17-19-41(20-18-40)35(44)45-36(2,3)4/h5-12,22,24,29-30,43H,13-21,23H2,1-4H3,(H,37,38,39)/t29-,30-. The molecule has 0 atom stereocenters. The van der Waals surface area contributed by atoms with Crippen molar-refractivity contribution in [1.29, 1.82) is 0 Å². The lowest BCUT2D eigenvalue weighted by Crippen LogP contribution is -2.49. The molecule has 0 spiro atoms. The Labute approximate surface area is 266 Å². The first-order valence-corrected chi connectivity index (χ1v) is 16.3. The van der Waals surface area contributed by atoms with E-state index in [0.29, 0.717) is 31.6 Å². The van der Waals surface area contributed by atoms with Gasteiger partial charge in [-0.25, -0.2) is 9.78 Å². The SMILES string of the molecule is Cc1ccc(CNc2ncc3c(-c4ccc(CN5CCN(C(=O)OC(C)(C)C)CC5)cc4)cn([C@H]4CC[C@H](O)CC4)c3n2)cc1. The molecule has 9 heteroatoms. The number of nitrogens with one attached hydrogen (secondary N) is 1. The van der Waals surface area contributed by atoms with E-state index in [1.807, 2.05) is 27.0 Å². The van der Waals surface area contributed by atoms with E-state index in [1.165, 1.54) is 16.7 Å². The van der Waals surface area contributed by atoms with Crippen LogP contribution in [0.3, 0.4) is 0 Å². The van der Waals surface area contributed by atoms with Gasteiger partial charge in [-0.3, -0.25) is 4.90 Å². The fraction of sp³-hybridized carbons (Fsp3) is 0.472. The second-order valence-electron chi connectivity index (χ2n) is 13.6. The van der Waals surface area contributed by atoms with Crippen LogP contribution in [-0.4, -0.2) is 73.4 Å². The Kier molecular flexibility index (Phi) is 9.10. The molecule has 2 fully saturated rings. The van der Waals surface area contributed by atoms with Crippen LogP contribution in [0, 0.1) is 6.92 Å². The third kappa shape index (κ3) is 7.65. The molecule has 45 heavy (non-hydrogen) atoms. The van der Waals surface area contributed by atoms with Crippen molar-refractivity contribution in [3.05, 3.63) is 77.6 Å². The van der Waals surface area contributed by atoms with Crippen LogP contribution in [0.25, 0.3) is 22.2 Å². The average Bonchev–Trinajstić information content (AvgIpc) is 3.40. The molecular weight excluding hydrogens is 564 g/mol. The molecule has 0 unspecified atom stereocenters. The molecule has 1 aliphatic carbocycles. The summed E-state index contributed by atoms with van der Waals surface area (Å²) >= 11 is 0. The highest BCUT2D eigenvalue weighted by molar-refractivity contribution is 5.94. The van der Waals surface area contributed by atoms with Gasteiger partial charge in [-0.2, -0.15) is 4.98 Å².